The number of guanidine groups is 1. The van der Waals surface area contributed by atoms with Crippen molar-refractivity contribution < 1.29 is 9.47 Å². The number of piperidine rings is 1. The lowest BCUT2D eigenvalue weighted by Gasteiger charge is -2.38. The van der Waals surface area contributed by atoms with Crippen molar-refractivity contribution in [3.63, 3.8) is 0 Å². The third-order valence-electron chi connectivity index (χ3n) is 5.97. The maximum atomic E-state index is 5.79. The predicted molar refractivity (Wildman–Crippen MR) is 117 cm³/mol. The first-order valence-corrected chi connectivity index (χ1v) is 11.5. The quantitative estimate of drug-likeness (QED) is 0.319. The van der Waals surface area contributed by atoms with E-state index in [0.717, 1.165) is 70.8 Å². The summed E-state index contributed by atoms with van der Waals surface area (Å²) >= 11 is 0. The van der Waals surface area contributed by atoms with Gasteiger partial charge in [-0.05, 0) is 57.5 Å². The van der Waals surface area contributed by atoms with Gasteiger partial charge in [0, 0.05) is 38.3 Å². The molecule has 2 unspecified atom stereocenters. The Hall–Kier alpha value is -0.850. The predicted octanol–water partition coefficient (Wildman–Crippen LogP) is 2.74. The zero-order valence-corrected chi connectivity index (χ0v) is 18.7. The third-order valence-corrected chi connectivity index (χ3v) is 5.97. The molecule has 2 heterocycles. The van der Waals surface area contributed by atoms with Gasteiger partial charge in [-0.25, -0.2) is 0 Å². The van der Waals surface area contributed by atoms with E-state index in [2.05, 4.69) is 43.2 Å². The smallest absolute Gasteiger partial charge is 0.191 e. The van der Waals surface area contributed by atoms with E-state index >= 15 is 0 Å². The van der Waals surface area contributed by atoms with E-state index in [4.69, 9.17) is 14.5 Å². The monoisotopic (exact) mass is 396 g/mol. The summed E-state index contributed by atoms with van der Waals surface area (Å²) in [5.74, 6) is 3.02. The molecule has 2 atom stereocenters. The minimum Gasteiger partial charge on any atom is -0.381 e. The molecule has 28 heavy (non-hydrogen) atoms. The normalized spacial score (nSPS) is 23.3. The molecule has 0 amide bonds. The summed E-state index contributed by atoms with van der Waals surface area (Å²) in [6.07, 6.45) is 4.77. The van der Waals surface area contributed by atoms with E-state index in [1.54, 1.807) is 0 Å². The molecule has 6 nitrogen and oxygen atoms in total. The second-order valence-electron chi connectivity index (χ2n) is 8.83. The summed E-state index contributed by atoms with van der Waals surface area (Å²) in [7, 11) is 0. The fourth-order valence-electron chi connectivity index (χ4n) is 3.98. The van der Waals surface area contributed by atoms with E-state index in [9.17, 15) is 0 Å². The van der Waals surface area contributed by atoms with Crippen LogP contribution in [0.25, 0.3) is 0 Å². The van der Waals surface area contributed by atoms with Gasteiger partial charge < -0.3 is 20.1 Å². The highest BCUT2D eigenvalue weighted by Crippen LogP contribution is 2.21. The van der Waals surface area contributed by atoms with Crippen molar-refractivity contribution in [3.8, 4) is 0 Å². The summed E-state index contributed by atoms with van der Waals surface area (Å²) in [4.78, 5) is 7.56. The Morgan fingerprint density at radius 2 is 2.00 bits per heavy atom. The SMILES string of the molecule is CCNC(=NCC(C(C)C)N1CCC(C)CC1)NCCCOCC1CCOC1. The Morgan fingerprint density at radius 1 is 1.21 bits per heavy atom. The minimum atomic E-state index is 0.528. The molecule has 2 aliphatic rings. The Kier molecular flexibility index (Phi) is 11.2. The first-order valence-electron chi connectivity index (χ1n) is 11.5. The van der Waals surface area contributed by atoms with Crippen molar-refractivity contribution >= 4 is 5.96 Å². The van der Waals surface area contributed by atoms with Crippen LogP contribution in [-0.4, -0.2) is 76.1 Å². The molecule has 6 heteroatoms. The molecule has 2 saturated heterocycles. The topological polar surface area (TPSA) is 58.1 Å². The Balaban J connectivity index is 1.69. The molecule has 2 aliphatic heterocycles. The molecule has 0 saturated carbocycles. The second-order valence-corrected chi connectivity index (χ2v) is 8.83. The molecule has 2 N–H and O–H groups in total. The summed E-state index contributed by atoms with van der Waals surface area (Å²) in [6.45, 7) is 17.6. The molecule has 0 aromatic heterocycles. The number of nitrogens with zero attached hydrogens (tertiary/aromatic N) is 2. The van der Waals surface area contributed by atoms with Crippen molar-refractivity contribution in [1.29, 1.82) is 0 Å². The fraction of sp³-hybridized carbons (Fsp3) is 0.955. The number of ether oxygens (including phenoxy) is 2. The van der Waals surface area contributed by atoms with Crippen LogP contribution in [-0.2, 0) is 9.47 Å². The van der Waals surface area contributed by atoms with Crippen molar-refractivity contribution in [3.05, 3.63) is 0 Å². The number of rotatable bonds is 11. The highest BCUT2D eigenvalue weighted by Gasteiger charge is 2.25. The molecular weight excluding hydrogens is 352 g/mol. The van der Waals surface area contributed by atoms with Gasteiger partial charge in [-0.1, -0.05) is 20.8 Å². The third kappa shape index (κ3) is 8.66. The largest absolute Gasteiger partial charge is 0.381 e. The van der Waals surface area contributed by atoms with Crippen LogP contribution >= 0.6 is 0 Å². The summed E-state index contributed by atoms with van der Waals surface area (Å²) in [5.41, 5.74) is 0. The summed E-state index contributed by atoms with van der Waals surface area (Å²) in [5, 5.41) is 6.85. The van der Waals surface area contributed by atoms with Gasteiger partial charge in [-0.15, -0.1) is 0 Å². The molecular formula is C22H44N4O2. The molecule has 164 valence electrons. The van der Waals surface area contributed by atoms with Crippen LogP contribution in [0.3, 0.4) is 0 Å². The lowest BCUT2D eigenvalue weighted by Crippen LogP contribution is -2.46. The van der Waals surface area contributed by atoms with Crippen LogP contribution in [0.1, 0.15) is 53.4 Å². The highest BCUT2D eigenvalue weighted by molar-refractivity contribution is 5.79. The number of hydrogen-bond acceptors (Lipinski definition) is 4. The number of hydrogen-bond donors (Lipinski definition) is 2. The fourth-order valence-corrected chi connectivity index (χ4v) is 3.98. The number of nitrogens with one attached hydrogen (secondary N) is 2. The van der Waals surface area contributed by atoms with Crippen LogP contribution in [0.2, 0.25) is 0 Å². The van der Waals surface area contributed by atoms with E-state index in [1.165, 1.54) is 25.9 Å². The van der Waals surface area contributed by atoms with Crippen LogP contribution < -0.4 is 10.6 Å². The van der Waals surface area contributed by atoms with E-state index < -0.39 is 0 Å². The van der Waals surface area contributed by atoms with Gasteiger partial charge in [0.1, 0.15) is 0 Å². The van der Waals surface area contributed by atoms with Crippen molar-refractivity contribution in [2.24, 2.45) is 22.7 Å². The summed E-state index contributed by atoms with van der Waals surface area (Å²) < 4.78 is 11.2. The molecule has 2 rings (SSSR count). The van der Waals surface area contributed by atoms with E-state index in [1.807, 2.05) is 0 Å². The van der Waals surface area contributed by atoms with Crippen molar-refractivity contribution in [2.75, 3.05) is 59.2 Å². The van der Waals surface area contributed by atoms with Gasteiger partial charge in [0.05, 0.1) is 19.8 Å². The maximum absolute atomic E-state index is 5.79. The van der Waals surface area contributed by atoms with Gasteiger partial charge in [0.25, 0.3) is 0 Å². The average molecular weight is 397 g/mol. The molecule has 2 fully saturated rings. The van der Waals surface area contributed by atoms with Crippen molar-refractivity contribution in [2.45, 2.75) is 59.4 Å². The first-order chi connectivity index (χ1) is 13.6. The molecule has 0 spiro atoms. The van der Waals surface area contributed by atoms with Crippen LogP contribution in [0.15, 0.2) is 4.99 Å². The molecule has 0 bridgehead atoms. The Morgan fingerprint density at radius 3 is 2.64 bits per heavy atom. The van der Waals surface area contributed by atoms with Crippen LogP contribution in [0.5, 0.6) is 0 Å². The van der Waals surface area contributed by atoms with E-state index in [0.29, 0.717) is 17.9 Å². The van der Waals surface area contributed by atoms with Gasteiger partial charge in [-0.2, -0.15) is 0 Å². The van der Waals surface area contributed by atoms with Crippen LogP contribution in [0.4, 0.5) is 0 Å². The van der Waals surface area contributed by atoms with Crippen LogP contribution in [0, 0.1) is 17.8 Å². The zero-order valence-electron chi connectivity index (χ0n) is 18.7. The standard InChI is InChI=1S/C22H44N4O2/c1-5-23-22(24-10-6-13-27-16-20-9-14-28-17-20)25-15-21(18(2)3)26-11-7-19(4)8-12-26/h18-21H,5-17H2,1-4H3,(H2,23,24,25). The van der Waals surface area contributed by atoms with Gasteiger partial charge in [0.15, 0.2) is 5.96 Å². The minimum absolute atomic E-state index is 0.528. The number of aliphatic imine (C=N–C) groups is 1. The Bertz CT molecular complexity index is 430. The van der Waals surface area contributed by atoms with Gasteiger partial charge >= 0.3 is 0 Å². The highest BCUT2D eigenvalue weighted by atomic mass is 16.5. The average Bonchev–Trinajstić information content (AvgIpc) is 3.19. The Labute approximate surface area is 172 Å². The van der Waals surface area contributed by atoms with Gasteiger partial charge in [0.2, 0.25) is 0 Å². The molecule has 0 aromatic carbocycles. The summed E-state index contributed by atoms with van der Waals surface area (Å²) in [6, 6.07) is 0.528. The maximum Gasteiger partial charge on any atom is 0.191 e. The van der Waals surface area contributed by atoms with Crippen molar-refractivity contribution in [1.82, 2.24) is 15.5 Å². The lowest BCUT2D eigenvalue weighted by atomic mass is 9.94. The zero-order chi connectivity index (χ0) is 20.2. The second kappa shape index (κ2) is 13.4. The van der Waals surface area contributed by atoms with Gasteiger partial charge in [-0.3, -0.25) is 9.89 Å². The number of likely N-dealkylation sites (tertiary alicyclic amines) is 1. The molecule has 0 aromatic rings. The molecule has 0 radical (unpaired) electrons. The molecule has 0 aliphatic carbocycles. The lowest BCUT2D eigenvalue weighted by molar-refractivity contribution is 0.0888. The first kappa shape index (κ1) is 23.4. The van der Waals surface area contributed by atoms with E-state index in [-0.39, 0.29) is 0 Å².